The smallest absolute Gasteiger partial charge is 0.287 e. The second kappa shape index (κ2) is 7.89. The Morgan fingerprint density at radius 1 is 1.12 bits per heavy atom. The summed E-state index contributed by atoms with van der Waals surface area (Å²) in [5.74, 6) is -0.362. The van der Waals surface area contributed by atoms with E-state index in [4.69, 9.17) is 23.2 Å². The Bertz CT molecular complexity index is 814. The number of hydrogen-bond donors (Lipinski definition) is 1. The predicted molar refractivity (Wildman–Crippen MR) is 99.7 cm³/mol. The topological polar surface area (TPSA) is 67.2 Å². The Labute approximate surface area is 155 Å². The van der Waals surface area contributed by atoms with Crippen molar-refractivity contribution in [3.8, 4) is 0 Å². The van der Waals surface area contributed by atoms with Crippen LogP contribution in [0.3, 0.4) is 0 Å². The highest BCUT2D eigenvalue weighted by molar-refractivity contribution is 6.41. The number of carbonyl (C=O) groups excluding carboxylic acids is 1. The Hall–Kier alpha value is -2.05. The second-order valence-electron chi connectivity index (χ2n) is 5.91. The number of piperidine rings is 1. The number of carbonyl (C=O) groups is 1. The third-order valence-corrected chi connectivity index (χ3v) is 4.86. The number of benzene rings is 1. The quantitative estimate of drug-likeness (QED) is 0.884. The van der Waals surface area contributed by atoms with Crippen molar-refractivity contribution in [1.82, 2.24) is 9.78 Å². The highest BCUT2D eigenvalue weighted by Gasteiger charge is 2.13. The maximum Gasteiger partial charge on any atom is 0.287 e. The van der Waals surface area contributed by atoms with Crippen LogP contribution in [0.4, 0.5) is 11.4 Å². The fraction of sp³-hybridized carbons (Fsp3) is 0.353. The fourth-order valence-corrected chi connectivity index (χ4v) is 3.07. The van der Waals surface area contributed by atoms with E-state index >= 15 is 0 Å². The lowest BCUT2D eigenvalue weighted by Crippen LogP contribution is -2.30. The van der Waals surface area contributed by atoms with Crippen molar-refractivity contribution >= 4 is 40.5 Å². The van der Waals surface area contributed by atoms with Crippen LogP contribution >= 0.6 is 23.2 Å². The third-order valence-electron chi connectivity index (χ3n) is 4.11. The van der Waals surface area contributed by atoms with Crippen molar-refractivity contribution in [2.24, 2.45) is 0 Å². The lowest BCUT2D eigenvalue weighted by molar-refractivity contribution is -0.117. The lowest BCUT2D eigenvalue weighted by Gasteiger charge is -2.28. The number of rotatable bonds is 4. The molecule has 0 aliphatic carbocycles. The van der Waals surface area contributed by atoms with E-state index < -0.39 is 5.56 Å². The van der Waals surface area contributed by atoms with Crippen molar-refractivity contribution in [3.05, 3.63) is 50.9 Å². The molecule has 1 N–H and O–H groups in total. The van der Waals surface area contributed by atoms with Crippen molar-refractivity contribution in [1.29, 1.82) is 0 Å². The summed E-state index contributed by atoms with van der Waals surface area (Å²) < 4.78 is 0.978. The van der Waals surface area contributed by atoms with E-state index in [0.29, 0.717) is 5.69 Å². The van der Waals surface area contributed by atoms with Gasteiger partial charge in [-0.25, -0.2) is 4.68 Å². The first-order valence-corrected chi connectivity index (χ1v) is 8.86. The van der Waals surface area contributed by atoms with E-state index in [1.807, 2.05) is 24.3 Å². The van der Waals surface area contributed by atoms with Gasteiger partial charge in [0.15, 0.2) is 0 Å². The molecule has 0 bridgehead atoms. The van der Waals surface area contributed by atoms with Crippen molar-refractivity contribution in [3.63, 3.8) is 0 Å². The van der Waals surface area contributed by atoms with Gasteiger partial charge in [-0.15, -0.1) is 0 Å². The highest BCUT2D eigenvalue weighted by Crippen LogP contribution is 2.21. The Morgan fingerprint density at radius 2 is 1.80 bits per heavy atom. The van der Waals surface area contributed by atoms with Crippen molar-refractivity contribution in [2.45, 2.75) is 25.8 Å². The average Bonchev–Trinajstić information content (AvgIpc) is 2.63. The number of nitrogens with zero attached hydrogens (tertiary/aromatic N) is 3. The number of aromatic nitrogens is 2. The number of amides is 1. The second-order valence-corrected chi connectivity index (χ2v) is 6.70. The molecule has 1 aromatic heterocycles. The molecule has 1 aliphatic heterocycles. The first-order valence-electron chi connectivity index (χ1n) is 8.10. The molecule has 0 saturated carbocycles. The van der Waals surface area contributed by atoms with E-state index in [-0.39, 0.29) is 22.5 Å². The summed E-state index contributed by atoms with van der Waals surface area (Å²) in [4.78, 5) is 26.4. The number of halogens is 2. The van der Waals surface area contributed by atoms with Crippen LogP contribution in [0.2, 0.25) is 10.0 Å². The van der Waals surface area contributed by atoms with Crippen LogP contribution in [0.15, 0.2) is 35.3 Å². The molecular formula is C17H18Cl2N4O2. The van der Waals surface area contributed by atoms with Crippen LogP contribution < -0.4 is 15.8 Å². The molecule has 1 fully saturated rings. The molecule has 0 atom stereocenters. The molecule has 2 aromatic rings. The van der Waals surface area contributed by atoms with Gasteiger partial charge < -0.3 is 10.2 Å². The number of hydrogen-bond acceptors (Lipinski definition) is 4. The van der Waals surface area contributed by atoms with E-state index in [1.54, 1.807) is 0 Å². The Balaban J connectivity index is 1.63. The highest BCUT2D eigenvalue weighted by atomic mass is 35.5. The first-order chi connectivity index (χ1) is 12.0. The van der Waals surface area contributed by atoms with Gasteiger partial charge in [-0.3, -0.25) is 9.59 Å². The summed E-state index contributed by atoms with van der Waals surface area (Å²) in [5.41, 5.74) is 1.23. The van der Waals surface area contributed by atoms with Gasteiger partial charge in [-0.2, -0.15) is 5.10 Å². The summed E-state index contributed by atoms with van der Waals surface area (Å²) >= 11 is 11.5. The Kier molecular flexibility index (Phi) is 5.60. The normalized spacial score (nSPS) is 14.4. The maximum absolute atomic E-state index is 12.1. The van der Waals surface area contributed by atoms with Gasteiger partial charge in [0.05, 0.1) is 11.2 Å². The molecular weight excluding hydrogens is 363 g/mol. The van der Waals surface area contributed by atoms with E-state index in [2.05, 4.69) is 15.3 Å². The summed E-state index contributed by atoms with van der Waals surface area (Å²) in [6, 6.07) is 7.69. The minimum Gasteiger partial charge on any atom is -0.372 e. The molecule has 1 saturated heterocycles. The van der Waals surface area contributed by atoms with Crippen LogP contribution in [0.5, 0.6) is 0 Å². The molecule has 132 valence electrons. The summed E-state index contributed by atoms with van der Waals surface area (Å²) in [7, 11) is 0. The Morgan fingerprint density at radius 3 is 2.48 bits per heavy atom. The molecule has 2 heterocycles. The van der Waals surface area contributed by atoms with Crippen LogP contribution in [0.1, 0.15) is 19.3 Å². The number of nitrogens with one attached hydrogen (secondary N) is 1. The summed E-state index contributed by atoms with van der Waals surface area (Å²) in [6.45, 7) is 1.90. The summed E-state index contributed by atoms with van der Waals surface area (Å²) in [5, 5.41) is 6.49. The van der Waals surface area contributed by atoms with E-state index in [1.165, 1.54) is 25.5 Å². The van der Waals surface area contributed by atoms with Crippen LogP contribution in [0, 0.1) is 0 Å². The molecule has 1 amide bonds. The fourth-order valence-electron chi connectivity index (χ4n) is 2.80. The maximum atomic E-state index is 12.1. The molecule has 0 radical (unpaired) electrons. The molecule has 1 aromatic carbocycles. The molecule has 8 heteroatoms. The average molecular weight is 381 g/mol. The molecule has 0 spiro atoms. The monoisotopic (exact) mass is 380 g/mol. The third kappa shape index (κ3) is 4.32. The minimum absolute atomic E-state index is 0.0663. The van der Waals surface area contributed by atoms with Gasteiger partial charge >= 0.3 is 0 Å². The van der Waals surface area contributed by atoms with Crippen LogP contribution in [-0.2, 0) is 11.3 Å². The zero-order valence-electron chi connectivity index (χ0n) is 13.5. The van der Waals surface area contributed by atoms with Gasteiger partial charge in [0.25, 0.3) is 5.56 Å². The van der Waals surface area contributed by atoms with Crippen LogP contribution in [0.25, 0.3) is 0 Å². The number of anilines is 2. The van der Waals surface area contributed by atoms with Gasteiger partial charge in [0, 0.05) is 24.5 Å². The van der Waals surface area contributed by atoms with Gasteiger partial charge in [0.2, 0.25) is 5.91 Å². The van der Waals surface area contributed by atoms with Crippen molar-refractivity contribution in [2.75, 3.05) is 23.3 Å². The predicted octanol–water partition coefficient (Wildman–Crippen LogP) is 3.18. The molecule has 1 aliphatic rings. The minimum atomic E-state index is -0.593. The van der Waals surface area contributed by atoms with Crippen molar-refractivity contribution < 1.29 is 4.79 Å². The van der Waals surface area contributed by atoms with Crippen LogP contribution in [-0.4, -0.2) is 28.8 Å². The zero-order valence-corrected chi connectivity index (χ0v) is 15.1. The molecule has 0 unspecified atom stereocenters. The lowest BCUT2D eigenvalue weighted by atomic mass is 10.1. The summed E-state index contributed by atoms with van der Waals surface area (Å²) in [6.07, 6.45) is 4.95. The van der Waals surface area contributed by atoms with Gasteiger partial charge in [-0.05, 0) is 43.5 Å². The first kappa shape index (κ1) is 17.8. The van der Waals surface area contributed by atoms with Gasteiger partial charge in [0.1, 0.15) is 11.6 Å². The van der Waals surface area contributed by atoms with E-state index in [0.717, 1.165) is 23.5 Å². The molecule has 6 nitrogen and oxygen atoms in total. The standard InChI is InChI=1S/C17H18Cl2N4O2/c18-14-10-20-23(17(25)16(14)19)11-15(24)21-12-4-6-13(7-5-12)22-8-2-1-3-9-22/h4-7,10H,1-3,8-9,11H2,(H,21,24). The molecule has 3 rings (SSSR count). The zero-order chi connectivity index (χ0) is 17.8. The molecule has 25 heavy (non-hydrogen) atoms. The van der Waals surface area contributed by atoms with Gasteiger partial charge in [-0.1, -0.05) is 23.2 Å². The SMILES string of the molecule is O=C(Cn1ncc(Cl)c(Cl)c1=O)Nc1ccc(N2CCCCC2)cc1. The van der Waals surface area contributed by atoms with E-state index in [9.17, 15) is 9.59 Å². The largest absolute Gasteiger partial charge is 0.372 e.